The Kier molecular flexibility index (Phi) is 13.6. The van der Waals surface area contributed by atoms with E-state index >= 15 is 0 Å². The van der Waals surface area contributed by atoms with Gasteiger partial charge in [-0.25, -0.2) is 9.59 Å². The molecular formula is C35H61N5O7. The van der Waals surface area contributed by atoms with Crippen molar-refractivity contribution in [3.63, 3.8) is 0 Å². The third-order valence-electron chi connectivity index (χ3n) is 9.42. The van der Waals surface area contributed by atoms with Crippen LogP contribution in [0.5, 0.6) is 0 Å². The molecule has 1 aliphatic carbocycles. The zero-order valence-corrected chi connectivity index (χ0v) is 30.5. The number of aliphatic hydroxyl groups is 1. The Bertz CT molecular complexity index is 1160. The number of unbranched alkanes of at least 4 members (excludes halogenated alkanes) is 1. The van der Waals surface area contributed by atoms with Gasteiger partial charge < -0.3 is 31.1 Å². The molecule has 12 nitrogen and oxygen atoms in total. The van der Waals surface area contributed by atoms with Crippen LogP contribution in [-0.4, -0.2) is 89.2 Å². The van der Waals surface area contributed by atoms with Gasteiger partial charge in [-0.3, -0.25) is 19.3 Å². The Labute approximate surface area is 281 Å². The molecule has 1 aliphatic heterocycles. The number of urea groups is 1. The topological polar surface area (TPSA) is 166 Å². The van der Waals surface area contributed by atoms with Crippen molar-refractivity contribution in [2.75, 3.05) is 13.1 Å². The highest BCUT2D eigenvalue weighted by Crippen LogP contribution is 2.57. The summed E-state index contributed by atoms with van der Waals surface area (Å²) < 4.78 is 5.40. The monoisotopic (exact) mass is 663 g/mol. The summed E-state index contributed by atoms with van der Waals surface area (Å²) in [6.45, 7) is 24.9. The fourth-order valence-electron chi connectivity index (χ4n) is 6.76. The summed E-state index contributed by atoms with van der Waals surface area (Å²) in [4.78, 5) is 67.8. The standard InChI is InChI=1S/C35H61N5O7/c1-13-15-16-23(25(41)29(43)36-17-14-2)37-28(42)24-21-18-35(11,12)22(21)19-40(24)30(44)26(33(5,6)7)38-32(46)39-27(34(8,9)10)31(45)47-20(3)4/h14,20-24,26-27,30,44H,2,13,15-19H2,1,3-12H3,(H,36,43)(H,37,42)(H2,38,39,46)/t21-,22-,23?,24-,26+,27+,30?/m0/s1. The van der Waals surface area contributed by atoms with Gasteiger partial charge in [0.05, 0.1) is 24.2 Å². The third kappa shape index (κ3) is 10.2. The second-order valence-electron chi connectivity index (χ2n) is 16.3. The average Bonchev–Trinajstić information content (AvgIpc) is 3.28. The quantitative estimate of drug-likeness (QED) is 0.101. The summed E-state index contributed by atoms with van der Waals surface area (Å²) >= 11 is 0. The second-order valence-corrected chi connectivity index (χ2v) is 16.3. The lowest BCUT2D eigenvalue weighted by atomic mass is 9.55. The van der Waals surface area contributed by atoms with Crippen molar-refractivity contribution < 1.29 is 33.8 Å². The Morgan fingerprint density at radius 3 is 2.13 bits per heavy atom. The normalized spacial score (nSPS) is 23.3. The molecule has 0 aromatic carbocycles. The lowest BCUT2D eigenvalue weighted by Gasteiger charge is -2.48. The molecular weight excluding hydrogens is 602 g/mol. The molecule has 0 aromatic heterocycles. The molecule has 1 saturated heterocycles. The molecule has 2 rings (SSSR count). The molecule has 0 aromatic rings. The first-order valence-electron chi connectivity index (χ1n) is 17.0. The molecule has 47 heavy (non-hydrogen) atoms. The summed E-state index contributed by atoms with van der Waals surface area (Å²) in [5.74, 6) is -2.48. The number of carbonyl (C=O) groups is 5. The fourth-order valence-corrected chi connectivity index (χ4v) is 6.76. The number of amides is 4. The molecule has 0 spiro atoms. The number of carbonyl (C=O) groups excluding carboxylic acids is 5. The van der Waals surface area contributed by atoms with Gasteiger partial charge in [-0.15, -0.1) is 6.58 Å². The average molecular weight is 664 g/mol. The first kappa shape index (κ1) is 40.2. The van der Waals surface area contributed by atoms with E-state index in [0.717, 1.165) is 12.8 Å². The van der Waals surface area contributed by atoms with Crippen LogP contribution < -0.4 is 21.3 Å². The molecule has 4 amide bonds. The van der Waals surface area contributed by atoms with Gasteiger partial charge in [-0.2, -0.15) is 0 Å². The van der Waals surface area contributed by atoms with Crippen molar-refractivity contribution in [1.29, 1.82) is 0 Å². The highest BCUT2D eigenvalue weighted by Gasteiger charge is 2.61. The van der Waals surface area contributed by atoms with Crippen LogP contribution in [0.3, 0.4) is 0 Å². The van der Waals surface area contributed by atoms with E-state index in [2.05, 4.69) is 41.7 Å². The summed E-state index contributed by atoms with van der Waals surface area (Å²) in [5, 5.41) is 23.0. The maximum Gasteiger partial charge on any atom is 0.329 e. The highest BCUT2D eigenvalue weighted by molar-refractivity contribution is 6.38. The largest absolute Gasteiger partial charge is 0.461 e. The van der Waals surface area contributed by atoms with Crippen molar-refractivity contribution in [3.05, 3.63) is 12.7 Å². The van der Waals surface area contributed by atoms with Crippen molar-refractivity contribution in [2.24, 2.45) is 28.1 Å². The molecule has 2 unspecified atom stereocenters. The third-order valence-corrected chi connectivity index (χ3v) is 9.42. The molecule has 268 valence electrons. The molecule has 1 heterocycles. The molecule has 2 aliphatic rings. The first-order chi connectivity index (χ1) is 21.6. The van der Waals surface area contributed by atoms with Crippen LogP contribution in [0.25, 0.3) is 0 Å². The van der Waals surface area contributed by atoms with Crippen molar-refractivity contribution in [1.82, 2.24) is 26.2 Å². The zero-order valence-electron chi connectivity index (χ0n) is 30.5. The summed E-state index contributed by atoms with van der Waals surface area (Å²) in [7, 11) is 0. The van der Waals surface area contributed by atoms with Crippen LogP contribution >= 0.6 is 0 Å². The highest BCUT2D eigenvalue weighted by atomic mass is 16.5. The molecule has 7 atom stereocenters. The summed E-state index contributed by atoms with van der Waals surface area (Å²) in [6, 6.07) is -4.26. The number of hydrogen-bond donors (Lipinski definition) is 5. The minimum atomic E-state index is -1.28. The van der Waals surface area contributed by atoms with Gasteiger partial charge in [0.2, 0.25) is 11.7 Å². The maximum absolute atomic E-state index is 14.1. The van der Waals surface area contributed by atoms with E-state index < -0.39 is 70.8 Å². The predicted molar refractivity (Wildman–Crippen MR) is 181 cm³/mol. The van der Waals surface area contributed by atoms with E-state index in [1.54, 1.807) is 18.7 Å². The van der Waals surface area contributed by atoms with E-state index in [1.165, 1.54) is 6.08 Å². The van der Waals surface area contributed by atoms with Gasteiger partial charge in [0.1, 0.15) is 12.3 Å². The van der Waals surface area contributed by atoms with Crippen LogP contribution in [0.15, 0.2) is 12.7 Å². The van der Waals surface area contributed by atoms with Crippen LogP contribution in [0.4, 0.5) is 4.79 Å². The number of ketones is 1. The Morgan fingerprint density at radius 1 is 1.02 bits per heavy atom. The number of hydrogen-bond acceptors (Lipinski definition) is 8. The SMILES string of the molecule is C=CCNC(=O)C(=O)C(CCCC)NC(=O)[C@@H]1[C@H]2CC(C)(C)[C@H]2CN1C(O)[C@@H](NC(=O)N[C@H](C(=O)OC(C)C)C(C)(C)C)C(C)(C)C. The fraction of sp³-hybridized carbons (Fsp3) is 0.800. The molecule has 1 saturated carbocycles. The van der Waals surface area contributed by atoms with E-state index in [9.17, 15) is 29.1 Å². The predicted octanol–water partition coefficient (Wildman–Crippen LogP) is 3.28. The van der Waals surface area contributed by atoms with Gasteiger partial charge in [0, 0.05) is 13.1 Å². The van der Waals surface area contributed by atoms with Crippen molar-refractivity contribution in [2.45, 2.75) is 138 Å². The second kappa shape index (κ2) is 15.9. The Morgan fingerprint density at radius 2 is 1.64 bits per heavy atom. The molecule has 12 heteroatoms. The summed E-state index contributed by atoms with van der Waals surface area (Å²) in [6.07, 6.45) is 2.28. The minimum absolute atomic E-state index is 0.0710. The number of aliphatic hydroxyl groups excluding tert-OH is 1. The van der Waals surface area contributed by atoms with Gasteiger partial charge in [0.25, 0.3) is 5.91 Å². The number of ether oxygens (including phenoxy) is 1. The number of likely N-dealkylation sites (tertiary alicyclic amines) is 1. The maximum atomic E-state index is 14.1. The van der Waals surface area contributed by atoms with Crippen LogP contribution in [-0.2, 0) is 23.9 Å². The number of fused-ring (bicyclic) bond motifs is 1. The number of nitrogens with zero attached hydrogens (tertiary/aromatic N) is 1. The number of Topliss-reactive ketones (excluding diaryl/α,β-unsaturated/α-hetero) is 1. The first-order valence-corrected chi connectivity index (χ1v) is 17.0. The number of nitrogens with one attached hydrogen (secondary N) is 4. The van der Waals surface area contributed by atoms with Crippen LogP contribution in [0, 0.1) is 28.1 Å². The van der Waals surface area contributed by atoms with Gasteiger partial charge in [-0.1, -0.05) is 81.2 Å². The molecule has 5 N–H and O–H groups in total. The Balaban J connectivity index is 2.38. The van der Waals surface area contributed by atoms with Crippen molar-refractivity contribution in [3.8, 4) is 0 Å². The van der Waals surface area contributed by atoms with E-state index in [1.807, 2.05) is 48.5 Å². The zero-order chi connectivity index (χ0) is 36.1. The van der Waals surface area contributed by atoms with Crippen LogP contribution in [0.1, 0.15) is 102 Å². The number of esters is 1. The van der Waals surface area contributed by atoms with Gasteiger partial charge in [0.15, 0.2) is 0 Å². The van der Waals surface area contributed by atoms with E-state index in [-0.39, 0.29) is 29.9 Å². The minimum Gasteiger partial charge on any atom is -0.461 e. The van der Waals surface area contributed by atoms with E-state index in [0.29, 0.717) is 19.4 Å². The smallest absolute Gasteiger partial charge is 0.329 e. The molecule has 0 bridgehead atoms. The number of rotatable bonds is 15. The molecule has 0 radical (unpaired) electrons. The lowest BCUT2D eigenvalue weighted by molar-refractivity contribution is -0.152. The van der Waals surface area contributed by atoms with E-state index in [4.69, 9.17) is 4.74 Å². The van der Waals surface area contributed by atoms with Gasteiger partial charge in [-0.05, 0) is 54.8 Å². The Hall–Kier alpha value is -2.99. The summed E-state index contributed by atoms with van der Waals surface area (Å²) in [5.41, 5.74) is -1.40. The van der Waals surface area contributed by atoms with Crippen LogP contribution in [0.2, 0.25) is 0 Å². The van der Waals surface area contributed by atoms with Crippen molar-refractivity contribution >= 4 is 29.6 Å². The molecule has 2 fully saturated rings. The van der Waals surface area contributed by atoms with Gasteiger partial charge >= 0.3 is 12.0 Å². The lowest BCUT2D eigenvalue weighted by Crippen LogP contribution is -2.64.